The Balaban J connectivity index is 1.61. The third-order valence-corrected chi connectivity index (χ3v) is 4.55. The molecule has 0 bridgehead atoms. The van der Waals surface area contributed by atoms with E-state index in [1.165, 1.54) is 18.0 Å². The van der Waals surface area contributed by atoms with Crippen molar-refractivity contribution in [1.82, 2.24) is 19.9 Å². The number of carboxylic acid groups (broad SMARTS) is 1. The third kappa shape index (κ3) is 3.66. The summed E-state index contributed by atoms with van der Waals surface area (Å²) in [6.45, 7) is 0.415. The monoisotopic (exact) mass is 362 g/mol. The maximum atomic E-state index is 15.3. The number of likely N-dealkylation sites (tertiary alicyclic amines) is 1. The van der Waals surface area contributed by atoms with Crippen LogP contribution in [0.5, 0.6) is 5.75 Å². The molecule has 1 amide bonds. The number of carbonyl (C=O) groups is 2. The van der Waals surface area contributed by atoms with E-state index in [4.69, 9.17) is 9.84 Å². The predicted octanol–water partition coefficient (Wildman–Crippen LogP) is 1.47. The molecular weight excluding hydrogens is 343 g/mol. The van der Waals surface area contributed by atoms with Gasteiger partial charge in [-0.05, 0) is 17.7 Å². The molecule has 2 aromatic rings. The molecule has 0 atom stereocenters. The van der Waals surface area contributed by atoms with Gasteiger partial charge < -0.3 is 14.7 Å². The van der Waals surface area contributed by atoms with Crippen molar-refractivity contribution in [3.8, 4) is 5.75 Å². The highest BCUT2D eigenvalue weighted by Gasteiger charge is 2.37. The number of hydrogen-bond donors (Lipinski definition) is 1. The number of nitrogens with zero attached hydrogens (tertiary/aromatic N) is 4. The minimum Gasteiger partial charge on any atom is -0.497 e. The summed E-state index contributed by atoms with van der Waals surface area (Å²) >= 11 is 0. The Kier molecular flexibility index (Phi) is 4.88. The van der Waals surface area contributed by atoms with E-state index < -0.39 is 11.6 Å². The van der Waals surface area contributed by atoms with E-state index in [-0.39, 0.29) is 44.1 Å². The Morgan fingerprint density at radius 3 is 2.69 bits per heavy atom. The molecule has 1 saturated heterocycles. The topological polar surface area (TPSA) is 97.5 Å². The molecule has 0 aliphatic carbocycles. The number of amides is 1. The second kappa shape index (κ2) is 7.11. The Morgan fingerprint density at radius 1 is 1.35 bits per heavy atom. The highest BCUT2D eigenvalue weighted by Crippen LogP contribution is 2.38. The van der Waals surface area contributed by atoms with E-state index >= 15 is 4.39 Å². The van der Waals surface area contributed by atoms with Gasteiger partial charge in [0.05, 0.1) is 13.3 Å². The fourth-order valence-corrected chi connectivity index (χ4v) is 3.01. The standard InChI is InChI=1S/C17H19FN4O4/c1-26-13-4-2-3-12(9-13)17(18)5-7-21(8-6-17)15(23)11-22-10-14(16(24)25)19-20-22/h2-4,9-10H,5-8,11H2,1H3,(H,24,25). The molecule has 138 valence electrons. The Hall–Kier alpha value is -2.97. The van der Waals surface area contributed by atoms with Crippen LogP contribution in [-0.4, -0.2) is 57.1 Å². The lowest BCUT2D eigenvalue weighted by Gasteiger charge is -2.36. The average Bonchev–Trinajstić information content (AvgIpc) is 3.11. The van der Waals surface area contributed by atoms with E-state index in [9.17, 15) is 9.59 Å². The summed E-state index contributed by atoms with van der Waals surface area (Å²) in [7, 11) is 1.53. The number of rotatable bonds is 5. The molecule has 2 heterocycles. The number of halogens is 1. The maximum Gasteiger partial charge on any atom is 0.358 e. The quantitative estimate of drug-likeness (QED) is 0.865. The molecule has 0 spiro atoms. The fourth-order valence-electron chi connectivity index (χ4n) is 3.01. The molecule has 1 aromatic heterocycles. The third-order valence-electron chi connectivity index (χ3n) is 4.55. The predicted molar refractivity (Wildman–Crippen MR) is 88.6 cm³/mol. The first kappa shape index (κ1) is 17.8. The lowest BCUT2D eigenvalue weighted by Crippen LogP contribution is -2.44. The van der Waals surface area contributed by atoms with Crippen LogP contribution < -0.4 is 4.74 Å². The van der Waals surface area contributed by atoms with E-state index in [1.807, 2.05) is 0 Å². The number of ether oxygens (including phenoxy) is 1. The van der Waals surface area contributed by atoms with E-state index in [2.05, 4.69) is 10.3 Å². The van der Waals surface area contributed by atoms with Crippen LogP contribution in [0, 0.1) is 0 Å². The first-order chi connectivity index (χ1) is 12.4. The molecule has 0 saturated carbocycles. The number of aromatic carboxylic acids is 1. The van der Waals surface area contributed by atoms with Gasteiger partial charge >= 0.3 is 5.97 Å². The molecule has 0 radical (unpaired) electrons. The Bertz CT molecular complexity index is 815. The van der Waals surface area contributed by atoms with Crippen molar-refractivity contribution in [3.05, 3.63) is 41.7 Å². The molecule has 26 heavy (non-hydrogen) atoms. The van der Waals surface area contributed by atoms with Gasteiger partial charge in [0.15, 0.2) is 5.69 Å². The van der Waals surface area contributed by atoms with Crippen molar-refractivity contribution in [2.75, 3.05) is 20.2 Å². The van der Waals surface area contributed by atoms with Gasteiger partial charge in [-0.3, -0.25) is 4.79 Å². The lowest BCUT2D eigenvalue weighted by molar-refractivity contribution is -0.134. The zero-order valence-electron chi connectivity index (χ0n) is 14.3. The molecule has 0 unspecified atom stereocenters. The molecule has 1 aliphatic rings. The van der Waals surface area contributed by atoms with Crippen LogP contribution in [0.25, 0.3) is 0 Å². The Labute approximate surface area is 149 Å². The average molecular weight is 362 g/mol. The van der Waals surface area contributed by atoms with Gasteiger partial charge in [0.1, 0.15) is 18.0 Å². The van der Waals surface area contributed by atoms with Crippen LogP contribution in [0.2, 0.25) is 0 Å². The smallest absolute Gasteiger partial charge is 0.358 e. The van der Waals surface area contributed by atoms with Crippen molar-refractivity contribution < 1.29 is 23.8 Å². The number of benzene rings is 1. The maximum absolute atomic E-state index is 15.3. The molecule has 1 N–H and O–H groups in total. The summed E-state index contributed by atoms with van der Waals surface area (Å²) in [6.07, 6.45) is 1.56. The molecule has 1 aromatic carbocycles. The fraction of sp³-hybridized carbons (Fsp3) is 0.412. The van der Waals surface area contributed by atoms with E-state index in [0.717, 1.165) is 0 Å². The van der Waals surface area contributed by atoms with Crippen molar-refractivity contribution >= 4 is 11.9 Å². The van der Waals surface area contributed by atoms with Gasteiger partial charge in [0.2, 0.25) is 5.91 Å². The number of piperidine rings is 1. The summed E-state index contributed by atoms with van der Waals surface area (Å²) in [5.41, 5.74) is -1.18. The zero-order valence-corrected chi connectivity index (χ0v) is 14.3. The lowest BCUT2D eigenvalue weighted by atomic mass is 9.86. The van der Waals surface area contributed by atoms with E-state index in [0.29, 0.717) is 11.3 Å². The molecule has 8 nitrogen and oxygen atoms in total. The van der Waals surface area contributed by atoms with Gasteiger partial charge in [-0.1, -0.05) is 17.3 Å². The Morgan fingerprint density at radius 2 is 2.08 bits per heavy atom. The van der Waals surface area contributed by atoms with Crippen molar-refractivity contribution in [1.29, 1.82) is 0 Å². The molecule has 1 aliphatic heterocycles. The van der Waals surface area contributed by atoms with Crippen LogP contribution in [0.15, 0.2) is 30.5 Å². The van der Waals surface area contributed by atoms with Crippen LogP contribution in [-0.2, 0) is 17.0 Å². The molecule has 1 fully saturated rings. The highest BCUT2D eigenvalue weighted by molar-refractivity contribution is 5.84. The summed E-state index contributed by atoms with van der Waals surface area (Å²) in [5, 5.41) is 15.9. The summed E-state index contributed by atoms with van der Waals surface area (Å²) in [5.74, 6) is -0.861. The number of hydrogen-bond acceptors (Lipinski definition) is 5. The van der Waals surface area contributed by atoms with Gasteiger partial charge in [-0.15, -0.1) is 5.10 Å². The molecular formula is C17H19FN4O4. The van der Waals surface area contributed by atoms with Crippen molar-refractivity contribution in [3.63, 3.8) is 0 Å². The van der Waals surface area contributed by atoms with Crippen molar-refractivity contribution in [2.24, 2.45) is 0 Å². The molecule has 9 heteroatoms. The summed E-state index contributed by atoms with van der Waals surface area (Å²) in [6, 6.07) is 6.91. The highest BCUT2D eigenvalue weighted by atomic mass is 19.1. The van der Waals surface area contributed by atoms with Crippen LogP contribution in [0.1, 0.15) is 28.9 Å². The number of carboxylic acids is 1. The first-order valence-corrected chi connectivity index (χ1v) is 8.16. The minimum atomic E-state index is -1.50. The van der Waals surface area contributed by atoms with Gasteiger partial charge in [-0.25, -0.2) is 13.9 Å². The minimum absolute atomic E-state index is 0.126. The summed E-state index contributed by atoms with van der Waals surface area (Å²) < 4.78 is 21.6. The summed E-state index contributed by atoms with van der Waals surface area (Å²) in [4.78, 5) is 24.7. The number of alkyl halides is 1. The molecule has 3 rings (SSSR count). The largest absolute Gasteiger partial charge is 0.497 e. The zero-order chi connectivity index (χ0) is 18.7. The van der Waals surface area contributed by atoms with Gasteiger partial charge in [0.25, 0.3) is 0 Å². The first-order valence-electron chi connectivity index (χ1n) is 8.16. The number of carbonyl (C=O) groups excluding carboxylic acids is 1. The van der Waals surface area contributed by atoms with Crippen LogP contribution >= 0.6 is 0 Å². The number of methoxy groups -OCH3 is 1. The SMILES string of the molecule is COc1cccc(C2(F)CCN(C(=O)Cn3cc(C(=O)O)nn3)CC2)c1. The van der Waals surface area contributed by atoms with Gasteiger partial charge in [0, 0.05) is 25.9 Å². The van der Waals surface area contributed by atoms with Crippen molar-refractivity contribution in [2.45, 2.75) is 25.1 Å². The van der Waals surface area contributed by atoms with Crippen LogP contribution in [0.3, 0.4) is 0 Å². The number of aromatic nitrogens is 3. The van der Waals surface area contributed by atoms with E-state index in [1.54, 1.807) is 29.2 Å². The van der Waals surface area contributed by atoms with Gasteiger partial charge in [-0.2, -0.15) is 0 Å². The second-order valence-corrected chi connectivity index (χ2v) is 6.18. The van der Waals surface area contributed by atoms with Crippen LogP contribution in [0.4, 0.5) is 4.39 Å². The normalized spacial score (nSPS) is 16.3. The second-order valence-electron chi connectivity index (χ2n) is 6.18.